The fourth-order valence-electron chi connectivity index (χ4n) is 6.55. The first-order valence-electron chi connectivity index (χ1n) is 17.4. The maximum Gasteiger partial charge on any atom is 0.407 e. The van der Waals surface area contributed by atoms with Crippen LogP contribution in [0, 0.1) is 21.7 Å². The first-order valence-corrected chi connectivity index (χ1v) is 19.3. The number of carbonyl (C=O) groups excluding carboxylic acids is 2. The maximum absolute atomic E-state index is 14.2. The van der Waals surface area contributed by atoms with Gasteiger partial charge in [-0.15, -0.1) is 0 Å². The normalized spacial score (nSPS) is 12.6. The number of ether oxygens (including phenoxy) is 1. The molecule has 2 amide bonds. The van der Waals surface area contributed by atoms with Crippen LogP contribution in [0.15, 0.2) is 108 Å². The zero-order valence-corrected chi connectivity index (χ0v) is 31.3. The first kappa shape index (κ1) is 38.3. The van der Waals surface area contributed by atoms with Crippen LogP contribution >= 0.6 is 19.8 Å². The molecule has 0 aliphatic heterocycles. The third kappa shape index (κ3) is 8.35. The van der Waals surface area contributed by atoms with Gasteiger partial charge in [-0.05, 0) is 72.4 Å². The number of hydrogen-bond donors (Lipinski definition) is 2. The third-order valence-electron chi connectivity index (χ3n) is 8.85. The van der Waals surface area contributed by atoms with Crippen LogP contribution in [0.4, 0.5) is 15.1 Å². The van der Waals surface area contributed by atoms with Crippen LogP contribution in [0.25, 0.3) is 22.5 Å². The van der Waals surface area contributed by atoms with Gasteiger partial charge in [0.25, 0.3) is 0 Å². The molecule has 2 N–H and O–H groups in total. The molecule has 1 atom stereocenters. The minimum absolute atomic E-state index is 0.0513. The number of nitriles is 1. The molecular weight excluding hydrogens is 729 g/mol. The molecule has 1 aliphatic rings. The van der Waals surface area contributed by atoms with E-state index in [0.717, 1.165) is 27.8 Å². The highest BCUT2D eigenvalue weighted by Gasteiger charge is 2.37. The third-order valence-corrected chi connectivity index (χ3v) is 11.6. The number of halogens is 1. The molecule has 10 nitrogen and oxygen atoms in total. The molecule has 1 aliphatic carbocycles. The number of nitrogens with zero attached hydrogens (tertiary/aromatic N) is 1. The minimum Gasteiger partial charge on any atom is -0.449 e. The highest BCUT2D eigenvalue weighted by Crippen LogP contribution is 2.50. The Hall–Kier alpha value is -5.44. The van der Waals surface area contributed by atoms with E-state index in [-0.39, 0.29) is 71.2 Å². The summed E-state index contributed by atoms with van der Waals surface area (Å²) >= 11 is 5.66. The Morgan fingerprint density at radius 1 is 0.907 bits per heavy atom. The van der Waals surface area contributed by atoms with Crippen molar-refractivity contribution in [3.05, 3.63) is 136 Å². The van der Waals surface area contributed by atoms with Crippen molar-refractivity contribution in [2.75, 3.05) is 25.1 Å². The molecular formula is C41H37FN3O7PS. The van der Waals surface area contributed by atoms with E-state index < -0.39 is 31.5 Å². The lowest BCUT2D eigenvalue weighted by atomic mass is 9.98. The van der Waals surface area contributed by atoms with Crippen molar-refractivity contribution in [2.45, 2.75) is 38.6 Å². The Morgan fingerprint density at radius 2 is 1.50 bits per heavy atom. The van der Waals surface area contributed by atoms with Gasteiger partial charge in [-0.25, -0.2) is 9.18 Å². The highest BCUT2D eigenvalue weighted by molar-refractivity contribution is 7.73. The summed E-state index contributed by atoms with van der Waals surface area (Å²) < 4.78 is 50.8. The summed E-state index contributed by atoms with van der Waals surface area (Å²) in [5.74, 6) is -1.79. The summed E-state index contributed by atoms with van der Waals surface area (Å²) in [6.07, 6.45) is -0.725. The lowest BCUT2D eigenvalue weighted by Gasteiger charge is -2.22. The van der Waals surface area contributed by atoms with E-state index in [4.69, 9.17) is 30.4 Å². The Bertz CT molecular complexity index is 2260. The van der Waals surface area contributed by atoms with Gasteiger partial charge < -0.3 is 23.5 Å². The maximum atomic E-state index is 14.2. The molecule has 276 valence electrons. The second-order valence-corrected chi connectivity index (χ2v) is 14.7. The summed E-state index contributed by atoms with van der Waals surface area (Å²) in [5, 5.41) is 15.3. The van der Waals surface area contributed by atoms with Crippen molar-refractivity contribution < 1.29 is 36.7 Å². The predicted octanol–water partition coefficient (Wildman–Crippen LogP) is 9.06. The average Bonchev–Trinajstić information content (AvgIpc) is 3.48. The van der Waals surface area contributed by atoms with Gasteiger partial charge in [-0.1, -0.05) is 91.1 Å². The average molecular weight is 766 g/mol. The molecule has 1 heterocycles. The van der Waals surface area contributed by atoms with Gasteiger partial charge in [0.05, 0.1) is 17.7 Å². The van der Waals surface area contributed by atoms with Crippen LogP contribution in [-0.4, -0.2) is 37.9 Å². The summed E-state index contributed by atoms with van der Waals surface area (Å²) in [6.45, 7) is 3.18. The van der Waals surface area contributed by atoms with E-state index in [1.807, 2.05) is 84.9 Å². The highest BCUT2D eigenvalue weighted by atomic mass is 32.1. The fourth-order valence-corrected chi connectivity index (χ4v) is 8.84. The van der Waals surface area contributed by atoms with E-state index in [0.29, 0.717) is 0 Å². The number of benzene rings is 4. The van der Waals surface area contributed by atoms with Crippen molar-refractivity contribution in [3.8, 4) is 28.5 Å². The molecule has 13 heteroatoms. The lowest BCUT2D eigenvalue weighted by Crippen LogP contribution is -2.40. The molecule has 6 rings (SSSR count). The quantitative estimate of drug-likeness (QED) is 0.0837. The second kappa shape index (κ2) is 17.1. The standard InChI is InChI=1S/C41H37FN3O7PS/c1-3-50-53(48,51-4-2)38-39(54)34(24-43)37(27-18-20-28(42)21-19-27)52-40(38)45-36(46)23-29(22-26-12-6-5-7-13-26)44-41(47)49-25-35-32-16-10-8-14-30(32)31-15-9-11-17-33(31)35/h5-21,29,35H,3-4,22-23,25H2,1-2H3,(H,44,47)(H,45,46)/t29-/m0/s1. The van der Waals surface area contributed by atoms with Gasteiger partial charge in [0.15, 0.2) is 5.76 Å². The molecule has 4 aromatic carbocycles. The number of rotatable bonds is 14. The second-order valence-electron chi connectivity index (χ2n) is 12.4. The van der Waals surface area contributed by atoms with Gasteiger partial charge in [0.2, 0.25) is 11.8 Å². The van der Waals surface area contributed by atoms with E-state index in [9.17, 15) is 23.8 Å². The van der Waals surface area contributed by atoms with Gasteiger partial charge in [0, 0.05) is 23.9 Å². The van der Waals surface area contributed by atoms with Crippen molar-refractivity contribution >= 4 is 43.0 Å². The Balaban J connectivity index is 1.28. The Kier molecular flexibility index (Phi) is 12.2. The van der Waals surface area contributed by atoms with Crippen molar-refractivity contribution in [1.29, 1.82) is 5.26 Å². The molecule has 1 aromatic heterocycles. The van der Waals surface area contributed by atoms with Gasteiger partial charge in [0.1, 0.15) is 29.4 Å². The zero-order valence-electron chi connectivity index (χ0n) is 29.5. The molecule has 0 unspecified atom stereocenters. The minimum atomic E-state index is -4.25. The van der Waals surface area contributed by atoms with Gasteiger partial charge in [-0.2, -0.15) is 5.26 Å². The molecule has 0 saturated heterocycles. The number of anilines is 1. The largest absolute Gasteiger partial charge is 0.449 e. The van der Waals surface area contributed by atoms with Crippen LogP contribution in [0.1, 0.15) is 48.4 Å². The molecule has 0 saturated carbocycles. The lowest BCUT2D eigenvalue weighted by molar-refractivity contribution is -0.116. The van der Waals surface area contributed by atoms with Crippen LogP contribution < -0.4 is 15.9 Å². The number of carbonyl (C=O) groups is 2. The molecule has 5 aromatic rings. The van der Waals surface area contributed by atoms with Crippen molar-refractivity contribution in [2.24, 2.45) is 0 Å². The van der Waals surface area contributed by atoms with Crippen molar-refractivity contribution in [1.82, 2.24) is 5.32 Å². The number of amides is 2. The molecule has 54 heavy (non-hydrogen) atoms. The fraction of sp³-hybridized carbons (Fsp3) is 0.220. The Morgan fingerprint density at radius 3 is 2.09 bits per heavy atom. The SMILES string of the molecule is CCOP(=O)(OCC)c1c(NC(=O)C[C@H](Cc2ccccc2)NC(=O)OCC2c3ccccc3-c3ccccc32)oc(-c2ccc(F)cc2)c(C#N)c1=S. The molecule has 0 fully saturated rings. The number of alkyl carbamates (subject to hydrolysis) is 1. The number of nitrogens with one attached hydrogen (secondary N) is 2. The predicted molar refractivity (Wildman–Crippen MR) is 206 cm³/mol. The van der Waals surface area contributed by atoms with Crippen LogP contribution in [0.2, 0.25) is 0 Å². The van der Waals surface area contributed by atoms with Crippen LogP contribution in [0.3, 0.4) is 0 Å². The first-order chi connectivity index (χ1) is 26.1. The van der Waals surface area contributed by atoms with Crippen molar-refractivity contribution in [3.63, 3.8) is 0 Å². The van der Waals surface area contributed by atoms with E-state index in [2.05, 4.69) is 10.6 Å². The monoisotopic (exact) mass is 765 g/mol. The van der Waals surface area contributed by atoms with Crippen LogP contribution in [-0.2, 0) is 29.6 Å². The van der Waals surface area contributed by atoms with E-state index in [1.165, 1.54) is 24.3 Å². The summed E-state index contributed by atoms with van der Waals surface area (Å²) in [6, 6.07) is 31.6. The Labute approximate surface area is 317 Å². The van der Waals surface area contributed by atoms with Gasteiger partial charge in [-0.3, -0.25) is 14.7 Å². The summed E-state index contributed by atoms with van der Waals surface area (Å²) in [5.41, 5.74) is 5.26. The topological polar surface area (TPSA) is 140 Å². The summed E-state index contributed by atoms with van der Waals surface area (Å²) in [4.78, 5) is 27.3. The smallest absolute Gasteiger partial charge is 0.407 e. The molecule has 0 radical (unpaired) electrons. The zero-order chi connectivity index (χ0) is 38.2. The molecule has 0 bridgehead atoms. The number of fused-ring (bicyclic) bond motifs is 3. The number of hydrogen-bond acceptors (Lipinski definition) is 9. The van der Waals surface area contributed by atoms with E-state index in [1.54, 1.807) is 13.8 Å². The summed E-state index contributed by atoms with van der Waals surface area (Å²) in [7, 11) is -4.25. The van der Waals surface area contributed by atoms with Crippen LogP contribution in [0.5, 0.6) is 0 Å². The van der Waals surface area contributed by atoms with E-state index >= 15 is 0 Å². The van der Waals surface area contributed by atoms with Gasteiger partial charge >= 0.3 is 13.7 Å². The molecule has 0 spiro atoms.